The third-order valence-electron chi connectivity index (χ3n) is 3.56. The van der Waals surface area contributed by atoms with Crippen LogP contribution in [0.3, 0.4) is 0 Å². The van der Waals surface area contributed by atoms with Gasteiger partial charge in [0.15, 0.2) is 27.6 Å². The minimum absolute atomic E-state index is 0.0942. The monoisotopic (exact) mass is 293 g/mol. The van der Waals surface area contributed by atoms with Crippen LogP contribution in [0.5, 0.6) is 0 Å². The van der Waals surface area contributed by atoms with Crippen molar-refractivity contribution < 1.29 is 13.2 Å². The zero-order valence-electron chi connectivity index (χ0n) is 10.9. The summed E-state index contributed by atoms with van der Waals surface area (Å²) in [6, 6.07) is 3.42. The topological polar surface area (TPSA) is 81.4 Å². The van der Waals surface area contributed by atoms with Gasteiger partial charge in [-0.1, -0.05) is 0 Å². The predicted octanol–water partition coefficient (Wildman–Crippen LogP) is 0.909. The third-order valence-corrected chi connectivity index (χ3v) is 5.45. The number of fused-ring (bicyclic) bond motifs is 1. The van der Waals surface area contributed by atoms with E-state index in [1.807, 2.05) is 0 Å². The molecule has 20 heavy (non-hydrogen) atoms. The fourth-order valence-corrected chi connectivity index (χ4v) is 4.41. The molecule has 0 bridgehead atoms. The second kappa shape index (κ2) is 4.97. The molecule has 1 aliphatic rings. The predicted molar refractivity (Wildman–Crippen MR) is 73.5 cm³/mol. The molecule has 2 aromatic heterocycles. The van der Waals surface area contributed by atoms with Crippen molar-refractivity contribution in [1.29, 1.82) is 0 Å². The fraction of sp³-hybridized carbons (Fsp3) is 0.462. The van der Waals surface area contributed by atoms with Crippen molar-refractivity contribution in [2.75, 3.05) is 11.5 Å². The lowest BCUT2D eigenvalue weighted by molar-refractivity contribution is 0.112. The van der Waals surface area contributed by atoms with Crippen LogP contribution >= 0.6 is 0 Å². The van der Waals surface area contributed by atoms with Gasteiger partial charge in [0.1, 0.15) is 0 Å². The van der Waals surface area contributed by atoms with Crippen molar-refractivity contribution in [3.8, 4) is 0 Å². The first-order chi connectivity index (χ1) is 9.55. The van der Waals surface area contributed by atoms with E-state index in [0.29, 0.717) is 29.2 Å². The van der Waals surface area contributed by atoms with Gasteiger partial charge in [-0.05, 0) is 30.9 Å². The SMILES string of the molecule is O=Cc1ccc2nc(CC3CCCS(=O)(=O)C3)nn2c1. The van der Waals surface area contributed by atoms with Gasteiger partial charge in [0, 0.05) is 18.2 Å². The Labute approximate surface area is 116 Å². The van der Waals surface area contributed by atoms with E-state index in [-0.39, 0.29) is 11.7 Å². The number of rotatable bonds is 3. The molecule has 1 atom stereocenters. The molecule has 0 saturated carbocycles. The molecule has 2 aromatic rings. The van der Waals surface area contributed by atoms with Gasteiger partial charge in [0.2, 0.25) is 0 Å². The van der Waals surface area contributed by atoms with Gasteiger partial charge < -0.3 is 0 Å². The average molecular weight is 293 g/mol. The summed E-state index contributed by atoms with van der Waals surface area (Å²) in [5.74, 6) is 1.25. The molecule has 0 aromatic carbocycles. The van der Waals surface area contributed by atoms with Crippen LogP contribution in [0.1, 0.15) is 29.0 Å². The Kier molecular flexibility index (Phi) is 3.29. The minimum atomic E-state index is -2.90. The van der Waals surface area contributed by atoms with Crippen molar-refractivity contribution in [2.45, 2.75) is 19.3 Å². The number of hydrogen-bond acceptors (Lipinski definition) is 5. The number of sulfone groups is 1. The van der Waals surface area contributed by atoms with E-state index in [9.17, 15) is 13.2 Å². The smallest absolute Gasteiger partial charge is 0.155 e. The Hall–Kier alpha value is -1.76. The zero-order valence-corrected chi connectivity index (χ0v) is 11.7. The van der Waals surface area contributed by atoms with Gasteiger partial charge in [0.05, 0.1) is 11.5 Å². The van der Waals surface area contributed by atoms with Crippen molar-refractivity contribution in [3.05, 3.63) is 29.7 Å². The highest BCUT2D eigenvalue weighted by Gasteiger charge is 2.25. The molecular formula is C13H15N3O3S. The summed E-state index contributed by atoms with van der Waals surface area (Å²) in [6.07, 6.45) is 4.56. The highest BCUT2D eigenvalue weighted by atomic mass is 32.2. The van der Waals surface area contributed by atoms with Crippen LogP contribution in [0.2, 0.25) is 0 Å². The molecular weight excluding hydrogens is 278 g/mol. The number of hydrogen-bond donors (Lipinski definition) is 0. The van der Waals surface area contributed by atoms with Gasteiger partial charge in [-0.25, -0.2) is 17.9 Å². The Morgan fingerprint density at radius 3 is 3.00 bits per heavy atom. The van der Waals surface area contributed by atoms with Crippen LogP contribution in [-0.4, -0.2) is 40.8 Å². The van der Waals surface area contributed by atoms with E-state index in [1.54, 1.807) is 22.8 Å². The Morgan fingerprint density at radius 1 is 1.40 bits per heavy atom. The van der Waals surface area contributed by atoms with E-state index in [4.69, 9.17) is 0 Å². The summed E-state index contributed by atoms with van der Waals surface area (Å²) >= 11 is 0. The van der Waals surface area contributed by atoms with Gasteiger partial charge in [-0.15, -0.1) is 0 Å². The van der Waals surface area contributed by atoms with Crippen LogP contribution in [0.15, 0.2) is 18.3 Å². The fourth-order valence-electron chi connectivity index (χ4n) is 2.64. The second-order valence-electron chi connectivity index (χ2n) is 5.24. The number of pyridine rings is 1. The highest BCUT2D eigenvalue weighted by molar-refractivity contribution is 7.91. The normalized spacial score (nSPS) is 21.9. The first-order valence-electron chi connectivity index (χ1n) is 6.57. The number of carbonyl (C=O) groups is 1. The summed E-state index contributed by atoms with van der Waals surface area (Å²) in [4.78, 5) is 15.1. The number of aldehydes is 1. The van der Waals surface area contributed by atoms with Crippen LogP contribution < -0.4 is 0 Å². The summed E-state index contributed by atoms with van der Waals surface area (Å²) in [7, 11) is -2.90. The van der Waals surface area contributed by atoms with Crippen LogP contribution in [0.4, 0.5) is 0 Å². The molecule has 0 amide bonds. The number of carbonyl (C=O) groups excluding carboxylic acids is 1. The standard InChI is InChI=1S/C13H15N3O3S/c17-8-11-3-4-13-14-12(15-16(13)7-11)6-10-2-1-5-20(18,19)9-10/h3-4,7-8,10H,1-2,5-6,9H2. The van der Waals surface area contributed by atoms with E-state index in [1.165, 1.54) is 0 Å². The van der Waals surface area contributed by atoms with Gasteiger partial charge in [-0.3, -0.25) is 4.79 Å². The molecule has 7 heteroatoms. The molecule has 1 aliphatic heterocycles. The Balaban J connectivity index is 1.82. The Morgan fingerprint density at radius 2 is 2.25 bits per heavy atom. The lowest BCUT2D eigenvalue weighted by atomic mass is 10.0. The molecule has 1 saturated heterocycles. The molecule has 3 heterocycles. The maximum Gasteiger partial charge on any atom is 0.155 e. The van der Waals surface area contributed by atoms with Crippen LogP contribution in [0.25, 0.3) is 5.65 Å². The summed E-state index contributed by atoms with van der Waals surface area (Å²) in [5, 5.41) is 4.32. The first-order valence-corrected chi connectivity index (χ1v) is 8.39. The zero-order chi connectivity index (χ0) is 14.2. The van der Waals surface area contributed by atoms with Gasteiger partial charge >= 0.3 is 0 Å². The Bertz CT molecular complexity index is 751. The quantitative estimate of drug-likeness (QED) is 0.786. The average Bonchev–Trinajstić information content (AvgIpc) is 2.78. The molecule has 1 fully saturated rings. The molecule has 6 nitrogen and oxygen atoms in total. The minimum Gasteiger partial charge on any atom is -0.298 e. The van der Waals surface area contributed by atoms with Gasteiger partial charge in [0.25, 0.3) is 0 Å². The molecule has 0 N–H and O–H groups in total. The lowest BCUT2D eigenvalue weighted by Gasteiger charge is -2.20. The summed E-state index contributed by atoms with van der Waals surface area (Å²) in [6.45, 7) is 0. The molecule has 0 aliphatic carbocycles. The van der Waals surface area contributed by atoms with Crippen molar-refractivity contribution in [1.82, 2.24) is 14.6 Å². The lowest BCUT2D eigenvalue weighted by Crippen LogP contribution is -2.26. The van der Waals surface area contributed by atoms with Crippen LogP contribution in [-0.2, 0) is 16.3 Å². The maximum absolute atomic E-state index is 11.6. The molecule has 3 rings (SSSR count). The molecule has 0 radical (unpaired) electrons. The van der Waals surface area contributed by atoms with Gasteiger partial charge in [-0.2, -0.15) is 5.10 Å². The largest absolute Gasteiger partial charge is 0.298 e. The highest BCUT2D eigenvalue weighted by Crippen LogP contribution is 2.21. The molecule has 1 unspecified atom stereocenters. The molecule has 0 spiro atoms. The maximum atomic E-state index is 11.6. The van der Waals surface area contributed by atoms with Crippen molar-refractivity contribution >= 4 is 21.8 Å². The van der Waals surface area contributed by atoms with Crippen molar-refractivity contribution in [2.24, 2.45) is 5.92 Å². The van der Waals surface area contributed by atoms with E-state index in [2.05, 4.69) is 10.1 Å². The van der Waals surface area contributed by atoms with Crippen molar-refractivity contribution in [3.63, 3.8) is 0 Å². The third kappa shape index (κ3) is 2.72. The van der Waals surface area contributed by atoms with E-state index < -0.39 is 9.84 Å². The van der Waals surface area contributed by atoms with Crippen LogP contribution in [0, 0.1) is 5.92 Å². The summed E-state index contributed by atoms with van der Waals surface area (Å²) in [5.41, 5.74) is 1.21. The van der Waals surface area contributed by atoms with E-state index in [0.717, 1.165) is 19.1 Å². The first kappa shape index (κ1) is 13.2. The number of nitrogens with zero attached hydrogens (tertiary/aromatic N) is 3. The molecule has 106 valence electrons. The number of aromatic nitrogens is 3. The second-order valence-corrected chi connectivity index (χ2v) is 7.47. The summed E-state index contributed by atoms with van der Waals surface area (Å²) < 4.78 is 24.8. The van der Waals surface area contributed by atoms with E-state index >= 15 is 0 Å².